The Bertz CT molecular complexity index is 596. The average molecular weight is 331 g/mol. The molecule has 0 unspecified atom stereocenters. The summed E-state index contributed by atoms with van der Waals surface area (Å²) in [6, 6.07) is 3.21. The Morgan fingerprint density at radius 1 is 1.33 bits per heavy atom. The number of benzene rings is 1. The molecule has 0 heterocycles. The van der Waals surface area contributed by atoms with Gasteiger partial charge in [-0.25, -0.2) is 13.1 Å². The molecule has 1 aliphatic carbocycles. The van der Waals surface area contributed by atoms with E-state index in [1.807, 2.05) is 0 Å². The molecule has 1 aromatic rings. The highest BCUT2D eigenvalue weighted by atomic mass is 35.5. The van der Waals surface area contributed by atoms with Crippen molar-refractivity contribution >= 4 is 21.6 Å². The van der Waals surface area contributed by atoms with Crippen LogP contribution >= 0.6 is 11.6 Å². The van der Waals surface area contributed by atoms with Crippen molar-refractivity contribution in [1.29, 1.82) is 0 Å². The lowest BCUT2D eigenvalue weighted by Crippen LogP contribution is -2.27. The first-order valence-corrected chi connectivity index (χ1v) is 9.29. The first-order valence-electron chi connectivity index (χ1n) is 7.43. The van der Waals surface area contributed by atoms with Gasteiger partial charge in [0.2, 0.25) is 10.0 Å². The second-order valence-electron chi connectivity index (χ2n) is 5.73. The summed E-state index contributed by atoms with van der Waals surface area (Å²) in [6.45, 7) is 2.53. The van der Waals surface area contributed by atoms with Crippen LogP contribution in [-0.4, -0.2) is 15.0 Å². The topological polar surface area (TPSA) is 72.2 Å². The van der Waals surface area contributed by atoms with Crippen LogP contribution in [0.2, 0.25) is 5.02 Å². The summed E-state index contributed by atoms with van der Waals surface area (Å²) in [4.78, 5) is 0.238. The zero-order chi connectivity index (χ0) is 15.5. The van der Waals surface area contributed by atoms with Gasteiger partial charge in [0, 0.05) is 18.1 Å². The van der Waals surface area contributed by atoms with Gasteiger partial charge in [-0.1, -0.05) is 37.3 Å². The molecule has 118 valence electrons. The van der Waals surface area contributed by atoms with Crippen molar-refractivity contribution in [2.45, 2.75) is 50.5 Å². The van der Waals surface area contributed by atoms with Crippen LogP contribution in [0.3, 0.4) is 0 Å². The maximum absolute atomic E-state index is 12.4. The number of hydrogen-bond donors (Lipinski definition) is 2. The van der Waals surface area contributed by atoms with Crippen molar-refractivity contribution in [2.75, 3.05) is 6.54 Å². The zero-order valence-electron chi connectivity index (χ0n) is 12.4. The molecule has 1 aromatic carbocycles. The number of sulfonamides is 1. The summed E-state index contributed by atoms with van der Waals surface area (Å²) in [5.41, 5.74) is 7.08. The Morgan fingerprint density at radius 3 is 2.62 bits per heavy atom. The van der Waals surface area contributed by atoms with Crippen LogP contribution in [0.4, 0.5) is 0 Å². The largest absolute Gasteiger partial charge is 0.326 e. The van der Waals surface area contributed by atoms with Crippen LogP contribution in [0.25, 0.3) is 0 Å². The average Bonchev–Trinajstić information content (AvgIpc) is 2.93. The molecular formula is C15H23ClN2O2S. The third-order valence-electron chi connectivity index (χ3n) is 4.26. The van der Waals surface area contributed by atoms with Gasteiger partial charge < -0.3 is 5.73 Å². The Balaban J connectivity index is 2.09. The quantitative estimate of drug-likeness (QED) is 0.842. The highest BCUT2D eigenvalue weighted by Gasteiger charge is 2.20. The first-order chi connectivity index (χ1) is 9.94. The molecule has 0 radical (unpaired) electrons. The number of halogens is 1. The number of rotatable bonds is 6. The van der Waals surface area contributed by atoms with Gasteiger partial charge in [0.05, 0.1) is 4.90 Å². The molecule has 1 saturated carbocycles. The second kappa shape index (κ2) is 7.09. The summed E-state index contributed by atoms with van der Waals surface area (Å²) in [6.07, 6.45) is 5.88. The van der Waals surface area contributed by atoms with Gasteiger partial charge in [-0.15, -0.1) is 0 Å². The van der Waals surface area contributed by atoms with Gasteiger partial charge >= 0.3 is 0 Å². The lowest BCUT2D eigenvalue weighted by Gasteiger charge is -2.14. The smallest absolute Gasteiger partial charge is 0.240 e. The number of nitrogens with one attached hydrogen (secondary N) is 1. The van der Waals surface area contributed by atoms with E-state index >= 15 is 0 Å². The molecule has 1 fully saturated rings. The minimum Gasteiger partial charge on any atom is -0.326 e. The molecule has 0 atom stereocenters. The normalized spacial score (nSPS) is 16.5. The van der Waals surface area contributed by atoms with Gasteiger partial charge in [-0.2, -0.15) is 0 Å². The van der Waals surface area contributed by atoms with Gasteiger partial charge in [-0.3, -0.25) is 0 Å². The molecule has 21 heavy (non-hydrogen) atoms. The van der Waals surface area contributed by atoms with Crippen LogP contribution in [0, 0.1) is 12.8 Å². The van der Waals surface area contributed by atoms with Crippen molar-refractivity contribution in [2.24, 2.45) is 11.7 Å². The summed E-state index contributed by atoms with van der Waals surface area (Å²) < 4.78 is 27.6. The highest BCUT2D eigenvalue weighted by molar-refractivity contribution is 7.89. The molecule has 2 rings (SSSR count). The molecule has 0 spiro atoms. The minimum absolute atomic E-state index is 0.238. The van der Waals surface area contributed by atoms with E-state index in [2.05, 4.69) is 4.72 Å². The molecule has 4 nitrogen and oxygen atoms in total. The SMILES string of the molecule is Cc1c(CN)cc(Cl)cc1S(=O)(=O)NCCC1CCCC1. The van der Waals surface area contributed by atoms with E-state index in [9.17, 15) is 8.42 Å². The molecule has 0 amide bonds. The molecule has 3 N–H and O–H groups in total. The fraction of sp³-hybridized carbons (Fsp3) is 0.600. The van der Waals surface area contributed by atoms with Crippen molar-refractivity contribution < 1.29 is 8.42 Å². The summed E-state index contributed by atoms with van der Waals surface area (Å²) >= 11 is 6.00. The van der Waals surface area contributed by atoms with E-state index in [4.69, 9.17) is 17.3 Å². The van der Waals surface area contributed by atoms with E-state index in [0.29, 0.717) is 23.0 Å². The monoisotopic (exact) mass is 330 g/mol. The number of nitrogens with two attached hydrogens (primary N) is 1. The van der Waals surface area contributed by atoms with Gasteiger partial charge in [-0.05, 0) is 42.5 Å². The standard InChI is InChI=1S/C15H23ClN2O2S/c1-11-13(10-17)8-14(16)9-15(11)21(19,20)18-7-6-12-4-2-3-5-12/h8-9,12,18H,2-7,10,17H2,1H3. The van der Waals surface area contributed by atoms with Gasteiger partial charge in [0.1, 0.15) is 0 Å². The predicted molar refractivity (Wildman–Crippen MR) is 85.8 cm³/mol. The summed E-state index contributed by atoms with van der Waals surface area (Å²) in [5, 5.41) is 0.400. The van der Waals surface area contributed by atoms with Crippen LogP contribution in [-0.2, 0) is 16.6 Å². The number of hydrogen-bond acceptors (Lipinski definition) is 3. The van der Waals surface area contributed by atoms with Gasteiger partial charge in [0.15, 0.2) is 0 Å². The van der Waals surface area contributed by atoms with Crippen molar-refractivity contribution in [1.82, 2.24) is 4.72 Å². The predicted octanol–water partition coefficient (Wildman–Crippen LogP) is 2.97. The third-order valence-corrected chi connectivity index (χ3v) is 6.07. The van der Waals surface area contributed by atoms with Crippen molar-refractivity contribution in [3.63, 3.8) is 0 Å². The lowest BCUT2D eigenvalue weighted by atomic mass is 10.1. The highest BCUT2D eigenvalue weighted by Crippen LogP contribution is 2.28. The van der Waals surface area contributed by atoms with E-state index in [0.717, 1.165) is 12.0 Å². The van der Waals surface area contributed by atoms with E-state index < -0.39 is 10.0 Å². The van der Waals surface area contributed by atoms with Crippen LogP contribution in [0.5, 0.6) is 0 Å². The summed E-state index contributed by atoms with van der Waals surface area (Å²) in [5.74, 6) is 0.660. The fourth-order valence-electron chi connectivity index (χ4n) is 2.97. The second-order valence-corrected chi connectivity index (χ2v) is 7.90. The Morgan fingerprint density at radius 2 is 2.00 bits per heavy atom. The van der Waals surface area contributed by atoms with Crippen LogP contribution < -0.4 is 10.5 Å². The third kappa shape index (κ3) is 4.19. The Labute approximate surface area is 132 Å². The van der Waals surface area contributed by atoms with Crippen molar-refractivity contribution in [3.8, 4) is 0 Å². The van der Waals surface area contributed by atoms with E-state index in [1.165, 1.54) is 31.7 Å². The summed E-state index contributed by atoms with van der Waals surface area (Å²) in [7, 11) is -3.53. The molecular weight excluding hydrogens is 308 g/mol. The molecule has 0 bridgehead atoms. The molecule has 0 aromatic heterocycles. The van der Waals surface area contributed by atoms with Crippen LogP contribution in [0.15, 0.2) is 17.0 Å². The molecule has 0 aliphatic heterocycles. The maximum atomic E-state index is 12.4. The Hall–Kier alpha value is -0.620. The van der Waals surface area contributed by atoms with E-state index in [1.54, 1.807) is 13.0 Å². The fourth-order valence-corrected chi connectivity index (χ4v) is 4.64. The minimum atomic E-state index is -3.53. The van der Waals surface area contributed by atoms with Gasteiger partial charge in [0.25, 0.3) is 0 Å². The lowest BCUT2D eigenvalue weighted by molar-refractivity contribution is 0.495. The zero-order valence-corrected chi connectivity index (χ0v) is 13.9. The molecule has 1 aliphatic rings. The van der Waals surface area contributed by atoms with E-state index in [-0.39, 0.29) is 11.4 Å². The van der Waals surface area contributed by atoms with Crippen molar-refractivity contribution in [3.05, 3.63) is 28.3 Å². The van der Waals surface area contributed by atoms with Crippen LogP contribution in [0.1, 0.15) is 43.2 Å². The first kappa shape index (κ1) is 16.7. The maximum Gasteiger partial charge on any atom is 0.240 e. The molecule has 6 heteroatoms. The molecule has 0 saturated heterocycles. The Kier molecular flexibility index (Phi) is 5.66.